The van der Waals surface area contributed by atoms with Crippen LogP contribution in [0.15, 0.2) is 72.8 Å². The molecule has 7 nitrogen and oxygen atoms in total. The Balaban J connectivity index is 1.54. The third-order valence-corrected chi connectivity index (χ3v) is 5.99. The molecule has 4 rings (SSSR count). The molecule has 1 heterocycles. The Hall–Kier alpha value is -3.91. The Bertz CT molecular complexity index is 1250. The largest absolute Gasteiger partial charge is 0.438 e. The maximum absolute atomic E-state index is 13.3. The summed E-state index contributed by atoms with van der Waals surface area (Å²) in [6, 6.07) is 18.2. The van der Waals surface area contributed by atoms with Crippen LogP contribution in [-0.4, -0.2) is 35.4 Å². The van der Waals surface area contributed by atoms with Gasteiger partial charge in [-0.05, 0) is 60.0 Å². The molecule has 1 aliphatic heterocycles. The lowest BCUT2D eigenvalue weighted by Crippen LogP contribution is -2.46. The lowest BCUT2D eigenvalue weighted by atomic mass is 10.00. The van der Waals surface area contributed by atoms with Crippen LogP contribution < -0.4 is 10.6 Å². The van der Waals surface area contributed by atoms with E-state index in [1.165, 1.54) is 17.0 Å². The molecule has 3 amide bonds. The van der Waals surface area contributed by atoms with Gasteiger partial charge in [-0.1, -0.05) is 48.9 Å². The second-order valence-electron chi connectivity index (χ2n) is 8.38. The molecule has 186 valence electrons. The maximum Gasteiger partial charge on any atom is 0.411 e. The zero-order valence-electron chi connectivity index (χ0n) is 19.5. The minimum Gasteiger partial charge on any atom is -0.438 e. The molecule has 0 radical (unpaired) electrons. The highest BCUT2D eigenvalue weighted by atomic mass is 35.5. The summed E-state index contributed by atoms with van der Waals surface area (Å²) in [5.41, 5.74) is 2.22. The topological polar surface area (TPSA) is 87.7 Å². The fraction of sp³-hybridized carbons (Fsp3) is 0.222. The van der Waals surface area contributed by atoms with Crippen LogP contribution in [0.1, 0.15) is 40.9 Å². The van der Waals surface area contributed by atoms with E-state index >= 15 is 0 Å². The number of nitrogens with zero attached hydrogens (tertiary/aromatic N) is 1. The molecule has 0 aromatic heterocycles. The van der Waals surface area contributed by atoms with E-state index in [1.54, 1.807) is 60.7 Å². The summed E-state index contributed by atoms with van der Waals surface area (Å²) >= 11 is 5.96. The van der Waals surface area contributed by atoms with Crippen LogP contribution in [0.25, 0.3) is 0 Å². The summed E-state index contributed by atoms with van der Waals surface area (Å²) in [5, 5.41) is 6.09. The van der Waals surface area contributed by atoms with Crippen molar-refractivity contribution in [2.75, 3.05) is 11.9 Å². The molecular weight excluding hydrogens is 485 g/mol. The van der Waals surface area contributed by atoms with Crippen molar-refractivity contribution in [3.8, 4) is 0 Å². The van der Waals surface area contributed by atoms with Crippen LogP contribution in [0.4, 0.5) is 14.9 Å². The number of carbonyl (C=O) groups is 3. The number of rotatable bonds is 8. The zero-order valence-corrected chi connectivity index (χ0v) is 20.3. The molecule has 0 spiro atoms. The quantitative estimate of drug-likeness (QED) is 0.430. The molecular formula is C27H25ClFN3O4. The van der Waals surface area contributed by atoms with Crippen molar-refractivity contribution in [3.63, 3.8) is 0 Å². The van der Waals surface area contributed by atoms with Gasteiger partial charge in [-0.25, -0.2) is 9.18 Å². The molecule has 2 N–H and O–H groups in total. The van der Waals surface area contributed by atoms with E-state index in [-0.39, 0.29) is 24.2 Å². The Kier molecular flexibility index (Phi) is 7.85. The van der Waals surface area contributed by atoms with Crippen LogP contribution in [0.3, 0.4) is 0 Å². The van der Waals surface area contributed by atoms with E-state index in [9.17, 15) is 18.8 Å². The van der Waals surface area contributed by atoms with Gasteiger partial charge >= 0.3 is 6.09 Å². The van der Waals surface area contributed by atoms with E-state index < -0.39 is 18.2 Å². The summed E-state index contributed by atoms with van der Waals surface area (Å²) in [6.45, 7) is 2.48. The van der Waals surface area contributed by atoms with Gasteiger partial charge in [0.25, 0.3) is 5.91 Å². The van der Waals surface area contributed by atoms with E-state index in [1.807, 2.05) is 6.92 Å². The molecule has 1 saturated heterocycles. The summed E-state index contributed by atoms with van der Waals surface area (Å²) in [7, 11) is 0. The summed E-state index contributed by atoms with van der Waals surface area (Å²) < 4.78 is 19.0. The molecule has 1 aliphatic rings. The first-order chi connectivity index (χ1) is 17.4. The van der Waals surface area contributed by atoms with Crippen LogP contribution in [0.2, 0.25) is 5.02 Å². The molecule has 2 atom stereocenters. The highest BCUT2D eigenvalue weighted by molar-refractivity contribution is 6.31. The molecule has 1 fully saturated rings. The van der Waals surface area contributed by atoms with E-state index in [2.05, 4.69) is 10.6 Å². The Morgan fingerprint density at radius 3 is 2.44 bits per heavy atom. The van der Waals surface area contributed by atoms with Gasteiger partial charge < -0.3 is 15.4 Å². The highest BCUT2D eigenvalue weighted by Gasteiger charge is 2.46. The maximum atomic E-state index is 13.3. The van der Waals surface area contributed by atoms with Gasteiger partial charge in [0.05, 0.1) is 6.54 Å². The van der Waals surface area contributed by atoms with Gasteiger partial charge in [-0.15, -0.1) is 0 Å². The van der Waals surface area contributed by atoms with Crippen LogP contribution in [0.5, 0.6) is 0 Å². The number of amides is 3. The first-order valence-electron chi connectivity index (χ1n) is 11.5. The van der Waals surface area contributed by atoms with Gasteiger partial charge in [0.2, 0.25) is 5.91 Å². The number of hydrogen-bond donors (Lipinski definition) is 2. The number of hydrogen-bond acceptors (Lipinski definition) is 4. The van der Waals surface area contributed by atoms with Crippen molar-refractivity contribution in [1.82, 2.24) is 10.2 Å². The highest BCUT2D eigenvalue weighted by Crippen LogP contribution is 2.34. The molecule has 3 aromatic carbocycles. The Morgan fingerprint density at radius 2 is 1.78 bits per heavy atom. The second kappa shape index (κ2) is 11.2. The molecule has 0 bridgehead atoms. The number of halogens is 2. The number of benzene rings is 3. The SMILES string of the molecule is CCCNC(=O)[C@H]1[C@H](c2ccc(NC(=O)c3cccc(Cl)c3)cc2)OC(=O)N1Cc1ccc(F)cc1. The second-order valence-corrected chi connectivity index (χ2v) is 8.82. The third kappa shape index (κ3) is 5.83. The molecule has 0 aliphatic carbocycles. The number of nitrogens with one attached hydrogen (secondary N) is 2. The fourth-order valence-electron chi connectivity index (χ4n) is 3.94. The number of ether oxygens (including phenoxy) is 1. The molecule has 0 unspecified atom stereocenters. The van der Waals surface area contributed by atoms with Crippen LogP contribution in [0, 0.1) is 5.82 Å². The molecule has 36 heavy (non-hydrogen) atoms. The molecule has 0 saturated carbocycles. The number of carbonyl (C=O) groups excluding carboxylic acids is 3. The third-order valence-electron chi connectivity index (χ3n) is 5.75. The van der Waals surface area contributed by atoms with Gasteiger partial charge in [-0.2, -0.15) is 0 Å². The van der Waals surface area contributed by atoms with Crippen molar-refractivity contribution in [1.29, 1.82) is 0 Å². The van der Waals surface area contributed by atoms with E-state index in [4.69, 9.17) is 16.3 Å². The van der Waals surface area contributed by atoms with E-state index in [0.29, 0.717) is 33.9 Å². The van der Waals surface area contributed by atoms with Gasteiger partial charge in [0.1, 0.15) is 5.82 Å². The summed E-state index contributed by atoms with van der Waals surface area (Å²) in [4.78, 5) is 39.7. The fourth-order valence-corrected chi connectivity index (χ4v) is 4.13. The van der Waals surface area contributed by atoms with Gasteiger partial charge in [0, 0.05) is 22.8 Å². The minimum absolute atomic E-state index is 0.0909. The van der Waals surface area contributed by atoms with Crippen molar-refractivity contribution in [3.05, 3.63) is 100 Å². The van der Waals surface area contributed by atoms with Crippen molar-refractivity contribution in [2.24, 2.45) is 0 Å². The molecule has 9 heteroatoms. The lowest BCUT2D eigenvalue weighted by molar-refractivity contribution is -0.126. The predicted molar refractivity (Wildman–Crippen MR) is 134 cm³/mol. The van der Waals surface area contributed by atoms with Crippen LogP contribution in [-0.2, 0) is 16.1 Å². The average Bonchev–Trinajstić information content (AvgIpc) is 3.20. The number of anilines is 1. The predicted octanol–water partition coefficient (Wildman–Crippen LogP) is 5.32. The van der Waals surface area contributed by atoms with Gasteiger partial charge in [-0.3, -0.25) is 14.5 Å². The summed E-state index contributed by atoms with van der Waals surface area (Å²) in [5.74, 6) is -1.05. The molecule has 3 aromatic rings. The number of cyclic esters (lactones) is 1. The summed E-state index contributed by atoms with van der Waals surface area (Å²) in [6.07, 6.45) is -0.761. The van der Waals surface area contributed by atoms with Crippen molar-refractivity contribution < 1.29 is 23.5 Å². The van der Waals surface area contributed by atoms with Crippen molar-refractivity contribution >= 4 is 35.2 Å². The van der Waals surface area contributed by atoms with Gasteiger partial charge in [0.15, 0.2) is 12.1 Å². The first kappa shape index (κ1) is 25.2. The normalized spacial score (nSPS) is 17.0. The average molecular weight is 510 g/mol. The smallest absolute Gasteiger partial charge is 0.411 e. The van der Waals surface area contributed by atoms with Crippen LogP contribution >= 0.6 is 11.6 Å². The first-order valence-corrected chi connectivity index (χ1v) is 11.9. The zero-order chi connectivity index (χ0) is 25.7. The van der Waals surface area contributed by atoms with Crippen molar-refractivity contribution in [2.45, 2.75) is 32.0 Å². The van der Waals surface area contributed by atoms with E-state index in [0.717, 1.165) is 6.42 Å². The lowest BCUT2D eigenvalue weighted by Gasteiger charge is -2.24. The standard InChI is InChI=1S/C27H25ClFN3O4/c1-2-14-30-26(34)23-24(36-27(35)32(23)16-17-6-10-21(29)11-7-17)18-8-12-22(13-9-18)31-25(33)19-4-3-5-20(28)15-19/h3-13,15,23-24H,2,14,16H2,1H3,(H,30,34)(H,31,33)/t23-,24+/m1/s1. The Morgan fingerprint density at radius 1 is 1.06 bits per heavy atom. The monoisotopic (exact) mass is 509 g/mol. The minimum atomic E-state index is -0.916. The Labute approximate surface area is 213 Å².